The molecule has 1 heterocycles. The molecule has 0 aliphatic carbocycles. The van der Waals surface area contributed by atoms with E-state index in [4.69, 9.17) is 5.26 Å². The molecule has 4 nitrogen and oxygen atoms in total. The van der Waals surface area contributed by atoms with Gasteiger partial charge in [-0.1, -0.05) is 11.8 Å². The first kappa shape index (κ1) is 10.6. The average Bonchev–Trinajstić information content (AvgIpc) is 2.17. The quantitative estimate of drug-likeness (QED) is 0.316. The van der Waals surface area contributed by atoms with Gasteiger partial charge in [0.25, 0.3) is 0 Å². The van der Waals surface area contributed by atoms with Gasteiger partial charge in [-0.15, -0.1) is 4.99 Å². The molecule has 0 aromatic carbocycles. The maximum atomic E-state index is 10.4. The van der Waals surface area contributed by atoms with Crippen molar-refractivity contribution in [1.82, 2.24) is 5.32 Å². The minimum Gasteiger partial charge on any atom is -1.00 e. The van der Waals surface area contributed by atoms with Crippen LogP contribution in [0, 0.1) is 11.5 Å². The molecule has 0 aromatic heterocycles. The molecule has 1 saturated heterocycles. The summed E-state index contributed by atoms with van der Waals surface area (Å²) >= 11 is 1.24. The Morgan fingerprint density at radius 3 is 3.00 bits per heavy atom. The van der Waals surface area contributed by atoms with E-state index in [-0.39, 0.29) is 58.7 Å². The van der Waals surface area contributed by atoms with Crippen LogP contribution in [-0.4, -0.2) is 16.8 Å². The van der Waals surface area contributed by atoms with Crippen molar-refractivity contribution in [1.29, 1.82) is 5.26 Å². The number of rotatable bonds is 0. The minimum atomic E-state index is -0.0889. The molecule has 0 spiro atoms. The number of aliphatic imine (C=N–C) groups is 1. The van der Waals surface area contributed by atoms with Crippen LogP contribution in [0.5, 0.6) is 0 Å². The summed E-state index contributed by atoms with van der Waals surface area (Å²) in [5.74, 6) is 0.287. The molecule has 0 unspecified atom stereocenters. The number of thioether (sulfide) groups is 1. The molecule has 1 fully saturated rings. The van der Waals surface area contributed by atoms with Crippen LogP contribution in [0.3, 0.4) is 0 Å². The second-order valence-corrected chi connectivity index (χ2v) is 2.32. The molecule has 0 bridgehead atoms. The molecule has 10 heavy (non-hydrogen) atoms. The first-order chi connectivity index (χ1) is 4.33. The SMILES string of the molecule is N#CN=C1NC(=O)CS1.[H-].[K+]. The molecule has 0 radical (unpaired) electrons. The molecule has 48 valence electrons. The second kappa shape index (κ2) is 5.29. The van der Waals surface area contributed by atoms with Crippen LogP contribution in [0.1, 0.15) is 1.43 Å². The molecule has 1 aliphatic rings. The average molecular weight is 181 g/mol. The molecule has 0 aromatic rings. The summed E-state index contributed by atoms with van der Waals surface area (Å²) in [6, 6.07) is 0. The normalized spacial score (nSPS) is 19.5. The first-order valence-electron chi connectivity index (χ1n) is 2.22. The summed E-state index contributed by atoms with van der Waals surface area (Å²) in [5, 5.41) is 10.8. The number of carbonyl (C=O) groups is 1. The fraction of sp³-hybridized carbons (Fsp3) is 0.250. The Bertz CT molecular complexity index is 214. The van der Waals surface area contributed by atoms with Gasteiger partial charge < -0.3 is 6.74 Å². The number of nitriles is 1. The van der Waals surface area contributed by atoms with E-state index in [0.29, 0.717) is 10.9 Å². The smallest absolute Gasteiger partial charge is 1.00 e. The van der Waals surface area contributed by atoms with Crippen molar-refractivity contribution in [3.63, 3.8) is 0 Å². The number of hydrogen-bond acceptors (Lipinski definition) is 4. The number of carbonyl (C=O) groups excluding carboxylic acids is 1. The second-order valence-electron chi connectivity index (χ2n) is 1.35. The van der Waals surface area contributed by atoms with Crippen LogP contribution in [-0.2, 0) is 4.79 Å². The Labute approximate surface area is 106 Å². The standard InChI is InChI=1S/C4H3N3OS.K.H/c5-2-6-4-7-3(8)1-9-4;;/h1H2,(H,6,7,8);;/q;+1;-1. The Morgan fingerprint density at radius 2 is 2.60 bits per heavy atom. The van der Waals surface area contributed by atoms with Gasteiger partial charge in [-0.05, 0) is 0 Å². The van der Waals surface area contributed by atoms with Crippen molar-refractivity contribution in [2.24, 2.45) is 4.99 Å². The van der Waals surface area contributed by atoms with E-state index in [1.165, 1.54) is 11.8 Å². The van der Waals surface area contributed by atoms with Gasteiger partial charge in [0.05, 0.1) is 5.75 Å². The predicted molar refractivity (Wildman–Crippen MR) is 34.8 cm³/mol. The van der Waals surface area contributed by atoms with E-state index < -0.39 is 0 Å². The third-order valence-electron chi connectivity index (χ3n) is 0.738. The topological polar surface area (TPSA) is 65.2 Å². The number of amides is 1. The zero-order valence-electron chi connectivity index (χ0n) is 6.42. The number of amidine groups is 1. The fourth-order valence-electron chi connectivity index (χ4n) is 0.431. The van der Waals surface area contributed by atoms with Gasteiger partial charge in [0.15, 0.2) is 5.17 Å². The Morgan fingerprint density at radius 1 is 1.90 bits per heavy atom. The summed E-state index contributed by atoms with van der Waals surface area (Å²) in [7, 11) is 0. The van der Waals surface area contributed by atoms with Crippen LogP contribution in [0.15, 0.2) is 4.99 Å². The van der Waals surface area contributed by atoms with Crippen molar-refractivity contribution in [2.75, 3.05) is 5.75 Å². The molecule has 0 saturated carbocycles. The van der Waals surface area contributed by atoms with Gasteiger partial charge in [-0.3, -0.25) is 4.79 Å². The van der Waals surface area contributed by atoms with E-state index in [2.05, 4.69) is 10.3 Å². The third kappa shape index (κ3) is 3.14. The summed E-state index contributed by atoms with van der Waals surface area (Å²) < 4.78 is 0. The molecule has 1 N–H and O–H groups in total. The molecule has 0 atom stereocenters. The van der Waals surface area contributed by atoms with Crippen molar-refractivity contribution in [3.8, 4) is 6.19 Å². The molecule has 6 heteroatoms. The summed E-state index contributed by atoms with van der Waals surface area (Å²) in [5.41, 5.74) is 0. The van der Waals surface area contributed by atoms with Crippen molar-refractivity contribution >= 4 is 22.8 Å². The predicted octanol–water partition coefficient (Wildman–Crippen LogP) is -3.20. The Balaban J connectivity index is 0. The van der Waals surface area contributed by atoms with Crippen LogP contribution in [0.2, 0.25) is 0 Å². The largest absolute Gasteiger partial charge is 1.00 e. The van der Waals surface area contributed by atoms with E-state index >= 15 is 0 Å². The third-order valence-corrected chi connectivity index (χ3v) is 1.61. The number of nitrogens with zero attached hydrogens (tertiary/aromatic N) is 2. The van der Waals surface area contributed by atoms with Crippen molar-refractivity contribution in [3.05, 3.63) is 0 Å². The summed E-state index contributed by atoms with van der Waals surface area (Å²) in [6.45, 7) is 0. The van der Waals surface area contributed by atoms with Gasteiger partial charge in [0.1, 0.15) is 0 Å². The van der Waals surface area contributed by atoms with Crippen LogP contribution in [0.4, 0.5) is 0 Å². The number of nitrogens with one attached hydrogen (secondary N) is 1. The van der Waals surface area contributed by atoms with Gasteiger partial charge in [0.2, 0.25) is 12.1 Å². The van der Waals surface area contributed by atoms with Crippen molar-refractivity contribution in [2.45, 2.75) is 0 Å². The maximum Gasteiger partial charge on any atom is 1.00 e. The maximum absolute atomic E-state index is 10.4. The molecule has 1 rings (SSSR count). The van der Waals surface area contributed by atoms with E-state index in [1.807, 2.05) is 0 Å². The minimum absolute atomic E-state index is 0. The summed E-state index contributed by atoms with van der Waals surface area (Å²) in [6.07, 6.45) is 1.58. The van der Waals surface area contributed by atoms with E-state index in [1.54, 1.807) is 6.19 Å². The first-order valence-corrected chi connectivity index (χ1v) is 3.21. The fourth-order valence-corrected chi connectivity index (χ4v) is 1.06. The Hall–Kier alpha value is 0.616. The zero-order chi connectivity index (χ0) is 6.69. The van der Waals surface area contributed by atoms with Gasteiger partial charge >= 0.3 is 51.4 Å². The molecule has 1 amide bonds. The van der Waals surface area contributed by atoms with Gasteiger partial charge in [0, 0.05) is 0 Å². The zero-order valence-corrected chi connectivity index (χ0v) is 9.36. The van der Waals surface area contributed by atoms with Gasteiger partial charge in [-0.25, -0.2) is 0 Å². The van der Waals surface area contributed by atoms with Crippen LogP contribution < -0.4 is 56.7 Å². The monoisotopic (exact) mass is 181 g/mol. The molecular weight excluding hydrogens is 177 g/mol. The summed E-state index contributed by atoms with van der Waals surface area (Å²) in [4.78, 5) is 13.7. The van der Waals surface area contributed by atoms with Crippen LogP contribution >= 0.6 is 11.8 Å². The molecule has 1 aliphatic heterocycles. The number of hydrogen-bond donors (Lipinski definition) is 1. The van der Waals surface area contributed by atoms with E-state index in [0.717, 1.165) is 0 Å². The van der Waals surface area contributed by atoms with E-state index in [9.17, 15) is 4.79 Å². The molecular formula is C4H4KN3OS. The van der Waals surface area contributed by atoms with Crippen molar-refractivity contribution < 1.29 is 57.6 Å². The van der Waals surface area contributed by atoms with Gasteiger partial charge in [-0.2, -0.15) is 5.26 Å². The van der Waals surface area contributed by atoms with Crippen LogP contribution in [0.25, 0.3) is 0 Å². The Kier molecular flexibility index (Phi) is 5.62.